The number of nitro benzene ring substituents is 1. The maximum atomic E-state index is 13.1. The minimum atomic E-state index is -0.659. The Balaban J connectivity index is 1.66. The summed E-state index contributed by atoms with van der Waals surface area (Å²) in [5, 5.41) is 16.6. The molecule has 10 nitrogen and oxygen atoms in total. The molecule has 2 N–H and O–H groups in total. The predicted octanol–water partition coefficient (Wildman–Crippen LogP) is 3.12. The van der Waals surface area contributed by atoms with Crippen LogP contribution in [0.15, 0.2) is 65.1 Å². The van der Waals surface area contributed by atoms with E-state index in [1.807, 2.05) is 25.1 Å². The highest BCUT2D eigenvalue weighted by Crippen LogP contribution is 2.20. The molecule has 2 aromatic carbocycles. The number of aryl methyl sites for hydroxylation is 1. The normalized spacial score (nSPS) is 14.7. The number of para-hydroxylation sites is 1. The molecule has 2 heterocycles. The summed E-state index contributed by atoms with van der Waals surface area (Å²) in [5.74, 6) is -0.610. The molecule has 0 atom stereocenters. The summed E-state index contributed by atoms with van der Waals surface area (Å²) in [7, 11) is 0. The first-order valence-corrected chi connectivity index (χ1v) is 10.4. The number of non-ortho nitro benzene ring substituents is 1. The molecular formula is C23H21N5O5. The lowest BCUT2D eigenvalue weighted by Crippen LogP contribution is -2.30. The third-order valence-corrected chi connectivity index (χ3v) is 5.23. The van der Waals surface area contributed by atoms with Gasteiger partial charge in [0.1, 0.15) is 5.70 Å². The molecule has 1 saturated heterocycles. The largest absolute Gasteiger partial charge is 0.329 e. The number of carbonyl (C=O) groups is 2. The van der Waals surface area contributed by atoms with Crippen molar-refractivity contribution in [2.75, 3.05) is 0 Å². The molecular weight excluding hydrogens is 426 g/mol. The molecule has 1 aliphatic heterocycles. The van der Waals surface area contributed by atoms with E-state index in [0.717, 1.165) is 11.3 Å². The highest BCUT2D eigenvalue weighted by atomic mass is 16.6. The van der Waals surface area contributed by atoms with E-state index in [4.69, 9.17) is 0 Å². The molecule has 0 aliphatic carbocycles. The Morgan fingerprint density at radius 3 is 2.52 bits per heavy atom. The number of nitrogens with one attached hydrogen (secondary N) is 2. The van der Waals surface area contributed by atoms with Crippen LogP contribution in [0.2, 0.25) is 0 Å². The van der Waals surface area contributed by atoms with Gasteiger partial charge in [0.15, 0.2) is 0 Å². The average molecular weight is 447 g/mol. The summed E-state index contributed by atoms with van der Waals surface area (Å²) in [6.07, 6.45) is 2.73. The lowest BCUT2D eigenvalue weighted by molar-refractivity contribution is -0.384. The lowest BCUT2D eigenvalue weighted by atomic mass is 10.1. The van der Waals surface area contributed by atoms with Gasteiger partial charge >= 0.3 is 6.03 Å². The van der Waals surface area contributed by atoms with Gasteiger partial charge in [0, 0.05) is 17.8 Å². The number of rotatable bonds is 7. The van der Waals surface area contributed by atoms with Crippen LogP contribution in [0.25, 0.3) is 11.8 Å². The molecule has 0 saturated carbocycles. The topological polar surface area (TPSA) is 130 Å². The molecule has 1 fully saturated rings. The lowest BCUT2D eigenvalue weighted by Gasteiger charge is -2.11. The third kappa shape index (κ3) is 4.31. The van der Waals surface area contributed by atoms with Crippen molar-refractivity contribution in [3.63, 3.8) is 0 Å². The number of hydrogen-bond donors (Lipinski definition) is 2. The minimum Gasteiger partial charge on any atom is -0.303 e. The number of hydrogen-bond acceptors (Lipinski definition) is 5. The number of nitro groups is 1. The van der Waals surface area contributed by atoms with Gasteiger partial charge in [-0.15, -0.1) is 0 Å². The third-order valence-electron chi connectivity index (χ3n) is 5.23. The minimum absolute atomic E-state index is 0.0286. The Kier molecular flexibility index (Phi) is 5.90. The second kappa shape index (κ2) is 8.95. The van der Waals surface area contributed by atoms with Crippen LogP contribution >= 0.6 is 0 Å². The zero-order valence-corrected chi connectivity index (χ0v) is 17.8. The van der Waals surface area contributed by atoms with Crippen molar-refractivity contribution in [1.82, 2.24) is 20.0 Å². The van der Waals surface area contributed by atoms with E-state index in [9.17, 15) is 24.5 Å². The van der Waals surface area contributed by atoms with Crippen LogP contribution in [0.1, 0.15) is 30.2 Å². The number of benzene rings is 2. The second-order valence-electron chi connectivity index (χ2n) is 7.54. The van der Waals surface area contributed by atoms with E-state index in [1.54, 1.807) is 18.2 Å². The number of imide groups is 1. The number of urea groups is 1. The second-order valence-corrected chi connectivity index (χ2v) is 7.54. The van der Waals surface area contributed by atoms with E-state index >= 15 is 0 Å². The molecule has 0 radical (unpaired) electrons. The van der Waals surface area contributed by atoms with Crippen molar-refractivity contribution in [3.8, 4) is 5.69 Å². The van der Waals surface area contributed by atoms with Gasteiger partial charge in [-0.25, -0.2) is 9.48 Å². The van der Waals surface area contributed by atoms with Gasteiger partial charge in [-0.2, -0.15) is 0 Å². The Hall–Kier alpha value is -4.47. The molecule has 10 heteroatoms. The van der Waals surface area contributed by atoms with Crippen LogP contribution in [-0.2, 0) is 17.8 Å². The first-order chi connectivity index (χ1) is 15.9. The van der Waals surface area contributed by atoms with Crippen LogP contribution in [0, 0.1) is 10.1 Å². The Morgan fingerprint density at radius 1 is 1.06 bits per heavy atom. The summed E-state index contributed by atoms with van der Waals surface area (Å²) in [5.41, 5.74) is 1.54. The summed E-state index contributed by atoms with van der Waals surface area (Å²) in [6, 6.07) is 14.1. The number of aromatic amines is 1. The molecule has 33 heavy (non-hydrogen) atoms. The Morgan fingerprint density at radius 2 is 1.82 bits per heavy atom. The van der Waals surface area contributed by atoms with Crippen molar-refractivity contribution < 1.29 is 14.5 Å². The smallest absolute Gasteiger partial charge is 0.303 e. The van der Waals surface area contributed by atoms with Crippen LogP contribution in [0.4, 0.5) is 10.5 Å². The molecule has 4 rings (SSSR count). The molecule has 0 spiro atoms. The fourth-order valence-corrected chi connectivity index (χ4v) is 3.65. The van der Waals surface area contributed by atoms with Crippen molar-refractivity contribution in [2.45, 2.75) is 26.3 Å². The van der Waals surface area contributed by atoms with Crippen LogP contribution in [-0.4, -0.2) is 31.5 Å². The van der Waals surface area contributed by atoms with Gasteiger partial charge in [0.05, 0.1) is 22.7 Å². The molecule has 0 unspecified atom stereocenters. The summed E-state index contributed by atoms with van der Waals surface area (Å²) in [6.45, 7) is 1.84. The molecule has 3 aromatic rings. The van der Waals surface area contributed by atoms with E-state index < -0.39 is 16.9 Å². The zero-order chi connectivity index (χ0) is 23.5. The highest BCUT2D eigenvalue weighted by Gasteiger charge is 2.34. The number of amides is 3. The van der Waals surface area contributed by atoms with Gasteiger partial charge in [-0.3, -0.25) is 29.7 Å². The van der Waals surface area contributed by atoms with E-state index in [2.05, 4.69) is 10.4 Å². The first-order valence-electron chi connectivity index (χ1n) is 10.4. The van der Waals surface area contributed by atoms with Crippen molar-refractivity contribution in [3.05, 3.63) is 97.6 Å². The van der Waals surface area contributed by atoms with Gasteiger partial charge in [-0.05, 0) is 30.2 Å². The quantitative estimate of drug-likeness (QED) is 0.249. The maximum Gasteiger partial charge on any atom is 0.329 e. The van der Waals surface area contributed by atoms with Gasteiger partial charge in [-0.1, -0.05) is 43.7 Å². The maximum absolute atomic E-state index is 13.1. The first kappa shape index (κ1) is 21.8. The number of aromatic nitrogens is 2. The fourth-order valence-electron chi connectivity index (χ4n) is 3.65. The van der Waals surface area contributed by atoms with Gasteiger partial charge in [0.2, 0.25) is 0 Å². The summed E-state index contributed by atoms with van der Waals surface area (Å²) >= 11 is 0. The monoisotopic (exact) mass is 447 g/mol. The number of carbonyl (C=O) groups excluding carboxylic acids is 2. The van der Waals surface area contributed by atoms with Crippen LogP contribution in [0.3, 0.4) is 0 Å². The van der Waals surface area contributed by atoms with Crippen LogP contribution in [0.5, 0.6) is 0 Å². The highest BCUT2D eigenvalue weighted by molar-refractivity contribution is 6.13. The predicted molar refractivity (Wildman–Crippen MR) is 121 cm³/mol. The number of H-pyrrole nitrogens is 1. The fraction of sp³-hybridized carbons (Fsp3) is 0.174. The van der Waals surface area contributed by atoms with E-state index in [1.165, 1.54) is 29.0 Å². The standard InChI is InChI=1S/C23H21N5O5/c1-2-7-19-18(21(29)27(25-19)16-9-4-3-5-10-16)13-20-22(30)26(23(31)24-20)14-15-8-6-11-17(12-15)28(32)33/h3-6,8-13,25H,2,7,14H2,1H3,(H,24,31). The Bertz CT molecular complexity index is 1320. The summed E-state index contributed by atoms with van der Waals surface area (Å²) < 4.78 is 1.40. The van der Waals surface area contributed by atoms with Crippen molar-refractivity contribution in [2.24, 2.45) is 0 Å². The summed E-state index contributed by atoms with van der Waals surface area (Å²) in [4.78, 5) is 49.9. The molecule has 0 bridgehead atoms. The van der Waals surface area contributed by atoms with Crippen molar-refractivity contribution >= 4 is 23.7 Å². The molecule has 1 aromatic heterocycles. The Labute approximate surface area is 188 Å². The van der Waals surface area contributed by atoms with Crippen LogP contribution < -0.4 is 10.9 Å². The van der Waals surface area contributed by atoms with Gasteiger partial charge < -0.3 is 5.32 Å². The van der Waals surface area contributed by atoms with E-state index in [0.29, 0.717) is 28.9 Å². The molecule has 1 aliphatic rings. The molecule has 168 valence electrons. The zero-order valence-electron chi connectivity index (χ0n) is 17.8. The number of nitrogens with zero attached hydrogens (tertiary/aromatic N) is 3. The van der Waals surface area contributed by atoms with Gasteiger partial charge in [0.25, 0.3) is 17.2 Å². The van der Waals surface area contributed by atoms with E-state index in [-0.39, 0.29) is 23.5 Å². The average Bonchev–Trinajstić information content (AvgIpc) is 3.26. The van der Waals surface area contributed by atoms with Crippen molar-refractivity contribution in [1.29, 1.82) is 0 Å². The molecule has 3 amide bonds. The SMILES string of the molecule is CCCc1[nH]n(-c2ccccc2)c(=O)c1C=C1NC(=O)N(Cc2cccc([N+](=O)[O-])c2)C1=O.